The van der Waals surface area contributed by atoms with E-state index in [2.05, 4.69) is 20.3 Å². The second-order valence-electron chi connectivity index (χ2n) is 5.40. The lowest BCUT2D eigenvalue weighted by Crippen LogP contribution is -2.41. The van der Waals surface area contributed by atoms with Crippen molar-refractivity contribution >= 4 is 51.3 Å². The molecule has 0 aromatic carbocycles. The van der Waals surface area contributed by atoms with Gasteiger partial charge in [-0.1, -0.05) is 12.5 Å². The summed E-state index contributed by atoms with van der Waals surface area (Å²) in [6.45, 7) is 1.60. The molecule has 0 radical (unpaired) electrons. The maximum Gasteiger partial charge on any atom is 0.213 e. The summed E-state index contributed by atoms with van der Waals surface area (Å²) in [5.74, 6) is 1.20. The smallest absolute Gasteiger partial charge is 0.213 e. The highest BCUT2D eigenvalue weighted by atomic mass is 127. The summed E-state index contributed by atoms with van der Waals surface area (Å²) in [5, 5.41) is 8.21. The molecule has 0 atom stereocenters. The minimum absolute atomic E-state index is 0. The molecule has 0 amide bonds. The minimum atomic E-state index is -3.21. The predicted molar refractivity (Wildman–Crippen MR) is 107 cm³/mol. The molecule has 1 aliphatic rings. The van der Waals surface area contributed by atoms with Crippen LogP contribution in [0, 0.1) is 5.92 Å². The summed E-state index contributed by atoms with van der Waals surface area (Å²) in [5.41, 5.74) is 0. The molecular weight excluding hydrogens is 447 g/mol. The van der Waals surface area contributed by atoms with Gasteiger partial charge in [0.05, 0.1) is 12.3 Å². The van der Waals surface area contributed by atoms with E-state index in [-0.39, 0.29) is 29.7 Å². The van der Waals surface area contributed by atoms with Crippen molar-refractivity contribution in [1.29, 1.82) is 0 Å². The highest BCUT2D eigenvalue weighted by Gasteiger charge is 2.19. The molecular formula is C14H25IN4O2S2. The first kappa shape index (κ1) is 20.7. The molecule has 132 valence electrons. The number of thiophene rings is 1. The van der Waals surface area contributed by atoms with Gasteiger partial charge in [-0.15, -0.1) is 35.3 Å². The van der Waals surface area contributed by atoms with Crippen LogP contribution in [-0.4, -0.2) is 40.3 Å². The van der Waals surface area contributed by atoms with Crippen LogP contribution in [0.5, 0.6) is 0 Å². The van der Waals surface area contributed by atoms with Crippen LogP contribution in [0.1, 0.15) is 24.1 Å². The molecule has 1 aromatic rings. The molecule has 0 unspecified atom stereocenters. The topological polar surface area (TPSA) is 82.6 Å². The summed E-state index contributed by atoms with van der Waals surface area (Å²) >= 11 is 1.67. The lowest BCUT2D eigenvalue weighted by Gasteiger charge is -2.25. The Morgan fingerprint density at radius 3 is 2.74 bits per heavy atom. The van der Waals surface area contributed by atoms with Gasteiger partial charge in [-0.3, -0.25) is 4.99 Å². The highest BCUT2D eigenvalue weighted by molar-refractivity contribution is 14.0. The van der Waals surface area contributed by atoms with Gasteiger partial charge >= 0.3 is 0 Å². The Morgan fingerprint density at radius 2 is 2.17 bits per heavy atom. The molecule has 3 N–H and O–H groups in total. The van der Waals surface area contributed by atoms with Crippen molar-refractivity contribution in [2.75, 3.05) is 25.9 Å². The van der Waals surface area contributed by atoms with Crippen molar-refractivity contribution in [3.8, 4) is 0 Å². The molecule has 0 bridgehead atoms. The number of sulfonamides is 1. The van der Waals surface area contributed by atoms with Crippen molar-refractivity contribution in [2.24, 2.45) is 10.9 Å². The summed E-state index contributed by atoms with van der Waals surface area (Å²) < 4.78 is 26.4. The summed E-state index contributed by atoms with van der Waals surface area (Å²) in [6, 6.07) is 4.04. The van der Waals surface area contributed by atoms with E-state index in [1.807, 2.05) is 17.5 Å². The maximum atomic E-state index is 11.9. The van der Waals surface area contributed by atoms with Gasteiger partial charge in [0.25, 0.3) is 0 Å². The zero-order chi connectivity index (χ0) is 15.8. The summed E-state index contributed by atoms with van der Waals surface area (Å²) in [6.07, 6.45) is 3.50. The van der Waals surface area contributed by atoms with Gasteiger partial charge in [-0.05, 0) is 30.2 Å². The van der Waals surface area contributed by atoms with E-state index in [9.17, 15) is 8.42 Å². The van der Waals surface area contributed by atoms with Crippen LogP contribution in [0.25, 0.3) is 0 Å². The van der Waals surface area contributed by atoms with E-state index in [0.717, 1.165) is 12.8 Å². The minimum Gasteiger partial charge on any atom is -0.355 e. The van der Waals surface area contributed by atoms with Gasteiger partial charge in [0.1, 0.15) is 0 Å². The third kappa shape index (κ3) is 7.81. The van der Waals surface area contributed by atoms with Crippen LogP contribution >= 0.6 is 35.3 Å². The molecule has 1 heterocycles. The summed E-state index contributed by atoms with van der Waals surface area (Å²) in [7, 11) is -1.53. The third-order valence-electron chi connectivity index (χ3n) is 3.71. The lowest BCUT2D eigenvalue weighted by molar-refractivity contribution is 0.316. The maximum absolute atomic E-state index is 11.9. The molecule has 6 nitrogen and oxygen atoms in total. The van der Waals surface area contributed by atoms with Crippen LogP contribution in [0.2, 0.25) is 0 Å². The Labute approximate surface area is 159 Å². The molecule has 0 spiro atoms. The van der Waals surface area contributed by atoms with Gasteiger partial charge in [-0.25, -0.2) is 13.1 Å². The summed E-state index contributed by atoms with van der Waals surface area (Å²) in [4.78, 5) is 5.29. The fraction of sp³-hybridized carbons (Fsp3) is 0.643. The first-order chi connectivity index (χ1) is 10.6. The molecule has 1 saturated carbocycles. The standard InChI is InChI=1S/C14H24N4O2S2.HI/c1-15-14(17-11-13-6-3-8-21-13)16-7-9-22(19,20)18-10-12-4-2-5-12;/h3,6,8,12,18H,2,4-5,7,9-11H2,1H3,(H2,15,16,17);1H. The van der Waals surface area contributed by atoms with Crippen molar-refractivity contribution in [3.05, 3.63) is 22.4 Å². The Morgan fingerprint density at radius 1 is 1.39 bits per heavy atom. The van der Waals surface area contributed by atoms with Gasteiger partial charge in [-0.2, -0.15) is 0 Å². The van der Waals surface area contributed by atoms with Gasteiger partial charge in [0, 0.05) is 25.0 Å². The van der Waals surface area contributed by atoms with Gasteiger partial charge in [0.15, 0.2) is 5.96 Å². The number of nitrogens with one attached hydrogen (secondary N) is 3. The second-order valence-corrected chi connectivity index (χ2v) is 8.35. The number of halogens is 1. The lowest BCUT2D eigenvalue weighted by atomic mass is 9.86. The Balaban J connectivity index is 0.00000264. The van der Waals surface area contributed by atoms with Gasteiger partial charge in [0.2, 0.25) is 10.0 Å². The number of hydrogen-bond acceptors (Lipinski definition) is 4. The molecule has 9 heteroatoms. The predicted octanol–water partition coefficient (Wildman–Crippen LogP) is 1.75. The average Bonchev–Trinajstić information content (AvgIpc) is 2.93. The Kier molecular flexibility index (Phi) is 9.40. The molecule has 1 fully saturated rings. The first-order valence-electron chi connectivity index (χ1n) is 7.53. The molecule has 0 aliphatic heterocycles. The molecule has 0 saturated heterocycles. The zero-order valence-corrected chi connectivity index (χ0v) is 17.2. The van der Waals surface area contributed by atoms with E-state index in [0.29, 0.717) is 31.5 Å². The van der Waals surface area contributed by atoms with Crippen molar-refractivity contribution in [1.82, 2.24) is 15.4 Å². The van der Waals surface area contributed by atoms with Crippen molar-refractivity contribution in [3.63, 3.8) is 0 Å². The van der Waals surface area contributed by atoms with E-state index < -0.39 is 10.0 Å². The second kappa shape index (κ2) is 10.5. The Hall–Kier alpha value is -0.390. The zero-order valence-electron chi connectivity index (χ0n) is 13.2. The van der Waals surface area contributed by atoms with E-state index in [1.165, 1.54) is 11.3 Å². The van der Waals surface area contributed by atoms with E-state index in [1.54, 1.807) is 18.4 Å². The van der Waals surface area contributed by atoms with Crippen LogP contribution in [0.15, 0.2) is 22.5 Å². The molecule has 23 heavy (non-hydrogen) atoms. The van der Waals surface area contributed by atoms with Gasteiger partial charge < -0.3 is 10.6 Å². The van der Waals surface area contributed by atoms with Crippen LogP contribution in [-0.2, 0) is 16.6 Å². The number of aliphatic imine (C=N–C) groups is 1. The van der Waals surface area contributed by atoms with E-state index in [4.69, 9.17) is 0 Å². The number of nitrogens with zero attached hydrogens (tertiary/aromatic N) is 1. The fourth-order valence-electron chi connectivity index (χ4n) is 2.12. The quantitative estimate of drug-likeness (QED) is 0.306. The average molecular weight is 472 g/mol. The first-order valence-corrected chi connectivity index (χ1v) is 10.1. The normalized spacial score (nSPS) is 15.6. The third-order valence-corrected chi connectivity index (χ3v) is 5.94. The van der Waals surface area contributed by atoms with Crippen LogP contribution in [0.4, 0.5) is 0 Å². The van der Waals surface area contributed by atoms with Crippen molar-refractivity contribution in [2.45, 2.75) is 25.8 Å². The molecule has 1 aliphatic carbocycles. The fourth-order valence-corrected chi connectivity index (χ4v) is 3.77. The SMILES string of the molecule is CN=C(NCCS(=O)(=O)NCC1CCC1)NCc1cccs1.I. The van der Waals surface area contributed by atoms with Crippen LogP contribution < -0.4 is 15.4 Å². The highest BCUT2D eigenvalue weighted by Crippen LogP contribution is 2.25. The van der Waals surface area contributed by atoms with Crippen LogP contribution in [0.3, 0.4) is 0 Å². The largest absolute Gasteiger partial charge is 0.355 e. The van der Waals surface area contributed by atoms with E-state index >= 15 is 0 Å². The van der Waals surface area contributed by atoms with Crippen molar-refractivity contribution < 1.29 is 8.42 Å². The number of hydrogen-bond donors (Lipinski definition) is 3. The number of guanidine groups is 1. The molecule has 1 aromatic heterocycles. The Bertz CT molecular complexity index is 572. The number of rotatable bonds is 8. The monoisotopic (exact) mass is 472 g/mol. The molecule has 2 rings (SSSR count).